The Hall–Kier alpha value is -2.10. The summed E-state index contributed by atoms with van der Waals surface area (Å²) in [5.74, 6) is -0.356. The summed E-state index contributed by atoms with van der Waals surface area (Å²) < 4.78 is 4.95. The maximum Gasteiger partial charge on any atom is 0.338 e. The second kappa shape index (κ2) is 4.64. The van der Waals surface area contributed by atoms with Crippen LogP contribution >= 0.6 is 0 Å². The summed E-state index contributed by atoms with van der Waals surface area (Å²) >= 11 is 0. The predicted octanol–water partition coefficient (Wildman–Crippen LogP) is 2.86. The van der Waals surface area contributed by atoms with E-state index in [1.54, 1.807) is 25.1 Å². The number of carbonyl (C=O) groups excluding carboxylic acids is 2. The van der Waals surface area contributed by atoms with Gasteiger partial charge in [-0.25, -0.2) is 4.79 Å². The minimum Gasteiger partial charge on any atom is -0.462 e. The Bertz CT molecular complexity index is 625. The third kappa shape index (κ3) is 2.01. The van der Waals surface area contributed by atoms with Gasteiger partial charge in [0, 0.05) is 17.8 Å². The number of fused-ring (bicyclic) bond motifs is 1. The molecule has 1 N–H and O–H groups in total. The molecule has 4 nitrogen and oxygen atoms in total. The molecule has 0 fully saturated rings. The van der Waals surface area contributed by atoms with Gasteiger partial charge in [0.15, 0.2) is 5.78 Å². The van der Waals surface area contributed by atoms with E-state index in [0.29, 0.717) is 17.9 Å². The Morgan fingerprint density at radius 2 is 2.06 bits per heavy atom. The number of aromatic nitrogens is 1. The number of aromatic amines is 1. The number of ether oxygens (including phenoxy) is 1. The molecule has 0 amide bonds. The fourth-order valence-corrected chi connectivity index (χ4v) is 2.02. The lowest BCUT2D eigenvalue weighted by Crippen LogP contribution is -2.04. The number of benzene rings is 1. The third-order valence-corrected chi connectivity index (χ3v) is 2.92. The van der Waals surface area contributed by atoms with Crippen molar-refractivity contribution in [3.8, 4) is 0 Å². The molecule has 0 aliphatic rings. The highest BCUT2D eigenvalue weighted by molar-refractivity contribution is 6.02. The monoisotopic (exact) mass is 245 g/mol. The van der Waals surface area contributed by atoms with Crippen molar-refractivity contribution in [1.29, 1.82) is 0 Å². The molecule has 0 saturated carbocycles. The highest BCUT2D eigenvalue weighted by Gasteiger charge is 2.13. The van der Waals surface area contributed by atoms with Gasteiger partial charge in [-0.05, 0) is 37.6 Å². The third-order valence-electron chi connectivity index (χ3n) is 2.92. The van der Waals surface area contributed by atoms with Crippen LogP contribution in [-0.2, 0) is 4.74 Å². The standard InChI is InChI=1S/C14H15NO3/c1-4-18-14(17)10-5-6-12-11(7-10)8(2)13(15-12)9(3)16/h5-7,15H,4H2,1-3H3. The van der Waals surface area contributed by atoms with Crippen LogP contribution in [0.1, 0.15) is 40.3 Å². The minimum absolute atomic E-state index is 0.0126. The van der Waals surface area contributed by atoms with Gasteiger partial charge >= 0.3 is 5.97 Å². The SMILES string of the molecule is CCOC(=O)c1ccc2[nH]c(C(C)=O)c(C)c2c1. The van der Waals surface area contributed by atoms with Crippen LogP contribution in [0.2, 0.25) is 0 Å². The number of Topliss-reactive ketones (excluding diaryl/α,β-unsaturated/α-hetero) is 1. The first-order chi connectivity index (χ1) is 8.54. The summed E-state index contributed by atoms with van der Waals surface area (Å²) in [6, 6.07) is 5.24. The molecule has 1 heterocycles. The first-order valence-corrected chi connectivity index (χ1v) is 5.85. The Morgan fingerprint density at radius 3 is 2.67 bits per heavy atom. The summed E-state index contributed by atoms with van der Waals surface area (Å²) in [6.07, 6.45) is 0. The summed E-state index contributed by atoms with van der Waals surface area (Å²) in [6.45, 7) is 5.50. The number of hydrogen-bond acceptors (Lipinski definition) is 3. The fraction of sp³-hybridized carbons (Fsp3) is 0.286. The van der Waals surface area contributed by atoms with Gasteiger partial charge in [0.05, 0.1) is 17.9 Å². The van der Waals surface area contributed by atoms with Crippen LogP contribution in [0.4, 0.5) is 0 Å². The number of rotatable bonds is 3. The van der Waals surface area contributed by atoms with Crippen molar-refractivity contribution < 1.29 is 14.3 Å². The topological polar surface area (TPSA) is 59.2 Å². The Balaban J connectivity index is 2.54. The smallest absolute Gasteiger partial charge is 0.338 e. The molecule has 0 radical (unpaired) electrons. The van der Waals surface area contributed by atoms with E-state index in [0.717, 1.165) is 16.5 Å². The molecule has 0 aliphatic heterocycles. The van der Waals surface area contributed by atoms with E-state index >= 15 is 0 Å². The lowest BCUT2D eigenvalue weighted by molar-refractivity contribution is 0.0526. The highest BCUT2D eigenvalue weighted by atomic mass is 16.5. The molecule has 4 heteroatoms. The van der Waals surface area contributed by atoms with E-state index in [1.807, 2.05) is 6.92 Å². The van der Waals surface area contributed by atoms with Crippen molar-refractivity contribution in [3.05, 3.63) is 35.0 Å². The first kappa shape index (κ1) is 12.4. The molecule has 1 aromatic carbocycles. The largest absolute Gasteiger partial charge is 0.462 e. The molecule has 0 unspecified atom stereocenters. The second-order valence-corrected chi connectivity index (χ2v) is 4.16. The van der Waals surface area contributed by atoms with E-state index in [-0.39, 0.29) is 11.8 Å². The zero-order valence-electron chi connectivity index (χ0n) is 10.7. The molecular formula is C14H15NO3. The van der Waals surface area contributed by atoms with Gasteiger partial charge < -0.3 is 9.72 Å². The molecule has 18 heavy (non-hydrogen) atoms. The first-order valence-electron chi connectivity index (χ1n) is 5.85. The van der Waals surface area contributed by atoms with Gasteiger partial charge in [-0.15, -0.1) is 0 Å². The number of aryl methyl sites for hydroxylation is 1. The molecule has 2 aromatic rings. The molecule has 1 aromatic heterocycles. The van der Waals surface area contributed by atoms with E-state index in [4.69, 9.17) is 4.74 Å². The van der Waals surface area contributed by atoms with E-state index in [9.17, 15) is 9.59 Å². The lowest BCUT2D eigenvalue weighted by Gasteiger charge is -2.01. The quantitative estimate of drug-likeness (QED) is 0.668. The average Bonchev–Trinajstić information content (AvgIpc) is 2.67. The Morgan fingerprint density at radius 1 is 1.33 bits per heavy atom. The van der Waals surface area contributed by atoms with Crippen LogP contribution in [0.15, 0.2) is 18.2 Å². The van der Waals surface area contributed by atoms with Crippen LogP contribution in [0.25, 0.3) is 10.9 Å². The number of ketones is 1. The normalized spacial score (nSPS) is 10.6. The number of H-pyrrole nitrogens is 1. The molecule has 0 aliphatic carbocycles. The zero-order chi connectivity index (χ0) is 13.3. The number of carbonyl (C=O) groups is 2. The maximum atomic E-state index is 11.6. The molecule has 0 spiro atoms. The van der Waals surface area contributed by atoms with Gasteiger partial charge in [-0.1, -0.05) is 0 Å². The molecule has 0 saturated heterocycles. The Kier molecular flexibility index (Phi) is 3.19. The highest BCUT2D eigenvalue weighted by Crippen LogP contribution is 2.23. The number of hydrogen-bond donors (Lipinski definition) is 1. The number of nitrogens with one attached hydrogen (secondary N) is 1. The van der Waals surface area contributed by atoms with Crippen LogP contribution in [0.3, 0.4) is 0 Å². The van der Waals surface area contributed by atoms with Crippen LogP contribution in [-0.4, -0.2) is 23.3 Å². The van der Waals surface area contributed by atoms with Crippen molar-refractivity contribution in [2.24, 2.45) is 0 Å². The van der Waals surface area contributed by atoms with Crippen LogP contribution in [0, 0.1) is 6.92 Å². The van der Waals surface area contributed by atoms with E-state index in [1.165, 1.54) is 6.92 Å². The molecule has 94 valence electrons. The average molecular weight is 245 g/mol. The second-order valence-electron chi connectivity index (χ2n) is 4.16. The molecule has 0 bridgehead atoms. The van der Waals surface area contributed by atoms with E-state index in [2.05, 4.69) is 4.98 Å². The van der Waals surface area contributed by atoms with Crippen molar-refractivity contribution >= 4 is 22.7 Å². The summed E-state index contributed by atoms with van der Waals surface area (Å²) in [4.78, 5) is 26.1. The molecule has 0 atom stereocenters. The van der Waals surface area contributed by atoms with Crippen molar-refractivity contribution in [3.63, 3.8) is 0 Å². The minimum atomic E-state index is -0.343. The van der Waals surface area contributed by atoms with Crippen molar-refractivity contribution in [2.75, 3.05) is 6.61 Å². The van der Waals surface area contributed by atoms with Gasteiger partial charge in [0.1, 0.15) is 0 Å². The zero-order valence-corrected chi connectivity index (χ0v) is 10.7. The van der Waals surface area contributed by atoms with Crippen molar-refractivity contribution in [1.82, 2.24) is 4.98 Å². The lowest BCUT2D eigenvalue weighted by atomic mass is 10.1. The van der Waals surface area contributed by atoms with Crippen LogP contribution < -0.4 is 0 Å². The number of esters is 1. The van der Waals surface area contributed by atoms with Crippen LogP contribution in [0.5, 0.6) is 0 Å². The predicted molar refractivity (Wildman–Crippen MR) is 69.0 cm³/mol. The molecule has 2 rings (SSSR count). The van der Waals surface area contributed by atoms with Gasteiger partial charge in [0.25, 0.3) is 0 Å². The van der Waals surface area contributed by atoms with Gasteiger partial charge in [-0.2, -0.15) is 0 Å². The fourth-order valence-electron chi connectivity index (χ4n) is 2.02. The van der Waals surface area contributed by atoms with E-state index < -0.39 is 0 Å². The summed E-state index contributed by atoms with van der Waals surface area (Å²) in [5, 5.41) is 0.880. The Labute approximate surface area is 105 Å². The molecular weight excluding hydrogens is 230 g/mol. The van der Waals surface area contributed by atoms with Crippen molar-refractivity contribution in [2.45, 2.75) is 20.8 Å². The summed E-state index contributed by atoms with van der Waals surface area (Å²) in [7, 11) is 0. The van der Waals surface area contributed by atoms with Gasteiger partial charge in [-0.3, -0.25) is 4.79 Å². The van der Waals surface area contributed by atoms with Gasteiger partial charge in [0.2, 0.25) is 0 Å². The maximum absolute atomic E-state index is 11.6. The summed E-state index contributed by atoms with van der Waals surface area (Å²) in [5.41, 5.74) is 2.81.